The van der Waals surface area contributed by atoms with E-state index in [1.54, 1.807) is 12.3 Å². The molecular formula is C14H15BrClN3O2. The molecule has 0 radical (unpaired) electrons. The Bertz CT molecular complexity index is 695. The summed E-state index contributed by atoms with van der Waals surface area (Å²) in [6, 6.07) is 1.77. The first-order valence-electron chi connectivity index (χ1n) is 6.82. The number of halogens is 2. The molecule has 0 bridgehead atoms. The van der Waals surface area contributed by atoms with Gasteiger partial charge in [0.25, 0.3) is 0 Å². The van der Waals surface area contributed by atoms with Crippen LogP contribution in [0.1, 0.15) is 25.7 Å². The van der Waals surface area contributed by atoms with Crippen molar-refractivity contribution >= 4 is 44.4 Å². The van der Waals surface area contributed by atoms with Crippen LogP contribution in [-0.2, 0) is 16.1 Å². The van der Waals surface area contributed by atoms with Crippen LogP contribution in [0.25, 0.3) is 10.9 Å². The van der Waals surface area contributed by atoms with Gasteiger partial charge in [-0.05, 0) is 28.8 Å². The first-order valence-corrected chi connectivity index (χ1v) is 7.99. The molecule has 0 unspecified atom stereocenters. The van der Waals surface area contributed by atoms with Crippen LogP contribution in [0, 0.1) is 5.41 Å². The quantitative estimate of drug-likeness (QED) is 0.610. The molecule has 2 aromatic heterocycles. The third-order valence-electron chi connectivity index (χ3n) is 4.19. The van der Waals surface area contributed by atoms with Gasteiger partial charge in [-0.2, -0.15) is 5.10 Å². The summed E-state index contributed by atoms with van der Waals surface area (Å²) < 4.78 is 7.56. The van der Waals surface area contributed by atoms with E-state index in [9.17, 15) is 4.79 Å². The molecule has 1 saturated carbocycles. The number of methoxy groups -OCH3 is 1. The first kappa shape index (κ1) is 14.8. The zero-order valence-corrected chi connectivity index (χ0v) is 13.9. The number of aromatic nitrogens is 3. The predicted molar refractivity (Wildman–Crippen MR) is 83.2 cm³/mol. The van der Waals surface area contributed by atoms with Gasteiger partial charge in [-0.25, -0.2) is 4.98 Å². The van der Waals surface area contributed by atoms with Gasteiger partial charge in [0.15, 0.2) is 0 Å². The van der Waals surface area contributed by atoms with E-state index in [1.165, 1.54) is 7.11 Å². The Morgan fingerprint density at radius 1 is 1.52 bits per heavy atom. The van der Waals surface area contributed by atoms with Gasteiger partial charge >= 0.3 is 5.97 Å². The fourth-order valence-corrected chi connectivity index (χ4v) is 3.76. The van der Waals surface area contributed by atoms with E-state index < -0.39 is 5.41 Å². The van der Waals surface area contributed by atoms with Gasteiger partial charge in [-0.3, -0.25) is 9.48 Å². The number of esters is 1. The Morgan fingerprint density at radius 3 is 2.90 bits per heavy atom. The standard InChI is InChI=1S/C14H15BrClN3O2/c1-21-13(20)14(4-2-3-5-14)8-19-10-6-11(16)17-7-9(10)12(15)18-19/h6-7H,2-5,8H2,1H3. The average Bonchev–Trinajstić information content (AvgIpc) is 3.05. The fraction of sp³-hybridized carbons (Fsp3) is 0.500. The molecular weight excluding hydrogens is 358 g/mol. The molecule has 1 aliphatic carbocycles. The Kier molecular flexibility index (Phi) is 3.92. The van der Waals surface area contributed by atoms with Gasteiger partial charge in [0.1, 0.15) is 9.76 Å². The maximum atomic E-state index is 12.2. The number of carbonyl (C=O) groups excluding carboxylic acids is 1. The molecule has 3 rings (SSSR count). The number of nitrogens with zero attached hydrogens (tertiary/aromatic N) is 3. The zero-order chi connectivity index (χ0) is 15.0. The van der Waals surface area contributed by atoms with E-state index >= 15 is 0 Å². The monoisotopic (exact) mass is 371 g/mol. The summed E-state index contributed by atoms with van der Waals surface area (Å²) in [6.45, 7) is 0.502. The SMILES string of the molecule is COC(=O)C1(Cn2nc(Br)c3cnc(Cl)cc32)CCCC1. The van der Waals surface area contributed by atoms with Crippen molar-refractivity contribution < 1.29 is 9.53 Å². The molecule has 0 spiro atoms. The molecule has 5 nitrogen and oxygen atoms in total. The number of hydrogen-bond acceptors (Lipinski definition) is 4. The van der Waals surface area contributed by atoms with Gasteiger partial charge in [-0.1, -0.05) is 24.4 Å². The Morgan fingerprint density at radius 2 is 2.24 bits per heavy atom. The summed E-state index contributed by atoms with van der Waals surface area (Å²) in [5.41, 5.74) is 0.389. The van der Waals surface area contributed by atoms with Crippen molar-refractivity contribution in [2.24, 2.45) is 5.41 Å². The maximum absolute atomic E-state index is 12.2. The van der Waals surface area contributed by atoms with Gasteiger partial charge in [0, 0.05) is 12.3 Å². The molecule has 0 N–H and O–H groups in total. The van der Waals surface area contributed by atoms with Crippen molar-refractivity contribution in [2.45, 2.75) is 32.2 Å². The Labute approximate surface area is 135 Å². The molecule has 0 amide bonds. The highest BCUT2D eigenvalue weighted by molar-refractivity contribution is 9.10. The number of fused-ring (bicyclic) bond motifs is 1. The van der Waals surface area contributed by atoms with E-state index in [1.807, 2.05) is 4.68 Å². The highest BCUT2D eigenvalue weighted by Crippen LogP contribution is 2.41. The maximum Gasteiger partial charge on any atom is 0.313 e. The van der Waals surface area contributed by atoms with Crippen molar-refractivity contribution in [3.05, 3.63) is 22.0 Å². The van der Waals surface area contributed by atoms with E-state index in [0.29, 0.717) is 16.3 Å². The molecule has 21 heavy (non-hydrogen) atoms. The topological polar surface area (TPSA) is 57.0 Å². The molecule has 1 fully saturated rings. The van der Waals surface area contributed by atoms with Crippen LogP contribution >= 0.6 is 27.5 Å². The highest BCUT2D eigenvalue weighted by atomic mass is 79.9. The summed E-state index contributed by atoms with van der Waals surface area (Å²) >= 11 is 9.41. The average molecular weight is 373 g/mol. The van der Waals surface area contributed by atoms with E-state index in [0.717, 1.165) is 36.6 Å². The minimum Gasteiger partial charge on any atom is -0.469 e. The number of rotatable bonds is 3. The number of carbonyl (C=O) groups is 1. The van der Waals surface area contributed by atoms with Gasteiger partial charge in [0.05, 0.1) is 30.0 Å². The lowest BCUT2D eigenvalue weighted by molar-refractivity contribution is -0.153. The summed E-state index contributed by atoms with van der Waals surface area (Å²) in [7, 11) is 1.44. The van der Waals surface area contributed by atoms with Gasteiger partial charge in [0.2, 0.25) is 0 Å². The van der Waals surface area contributed by atoms with E-state index in [2.05, 4.69) is 26.0 Å². The van der Waals surface area contributed by atoms with Gasteiger partial charge in [-0.15, -0.1) is 0 Å². The van der Waals surface area contributed by atoms with Crippen molar-refractivity contribution in [1.82, 2.24) is 14.8 Å². The van der Waals surface area contributed by atoms with Crippen molar-refractivity contribution in [3.63, 3.8) is 0 Å². The van der Waals surface area contributed by atoms with Crippen LogP contribution in [0.2, 0.25) is 5.15 Å². The zero-order valence-electron chi connectivity index (χ0n) is 11.6. The third-order valence-corrected chi connectivity index (χ3v) is 4.98. The molecule has 0 atom stereocenters. The van der Waals surface area contributed by atoms with E-state index in [-0.39, 0.29) is 5.97 Å². The molecule has 0 aliphatic heterocycles. The Balaban J connectivity index is 2.04. The van der Waals surface area contributed by atoms with Crippen molar-refractivity contribution in [3.8, 4) is 0 Å². The van der Waals surface area contributed by atoms with Crippen LogP contribution in [0.4, 0.5) is 0 Å². The molecule has 0 aromatic carbocycles. The van der Waals surface area contributed by atoms with Crippen LogP contribution in [0.3, 0.4) is 0 Å². The lowest BCUT2D eigenvalue weighted by atomic mass is 9.86. The largest absolute Gasteiger partial charge is 0.469 e. The fourth-order valence-electron chi connectivity index (χ4n) is 3.11. The lowest BCUT2D eigenvalue weighted by Gasteiger charge is -2.25. The summed E-state index contributed by atoms with van der Waals surface area (Å²) in [5, 5.41) is 5.78. The first-order chi connectivity index (χ1) is 10.1. The van der Waals surface area contributed by atoms with Crippen molar-refractivity contribution in [2.75, 3.05) is 7.11 Å². The number of hydrogen-bond donors (Lipinski definition) is 0. The van der Waals surface area contributed by atoms with Crippen molar-refractivity contribution in [1.29, 1.82) is 0 Å². The second-order valence-corrected chi connectivity index (χ2v) is 6.59. The third kappa shape index (κ3) is 2.55. The summed E-state index contributed by atoms with van der Waals surface area (Å²) in [4.78, 5) is 16.3. The van der Waals surface area contributed by atoms with Crippen LogP contribution < -0.4 is 0 Å². The summed E-state index contributed by atoms with van der Waals surface area (Å²) in [6.07, 6.45) is 5.43. The second kappa shape index (κ2) is 5.57. The molecule has 1 aliphatic rings. The molecule has 112 valence electrons. The van der Waals surface area contributed by atoms with E-state index in [4.69, 9.17) is 16.3 Å². The molecule has 2 aromatic rings. The van der Waals surface area contributed by atoms with Crippen LogP contribution in [0.5, 0.6) is 0 Å². The molecule has 2 heterocycles. The smallest absolute Gasteiger partial charge is 0.313 e. The normalized spacial score (nSPS) is 17.3. The number of pyridine rings is 1. The lowest BCUT2D eigenvalue weighted by Crippen LogP contribution is -2.34. The second-order valence-electron chi connectivity index (χ2n) is 5.45. The minimum atomic E-state index is -0.483. The highest BCUT2D eigenvalue weighted by Gasteiger charge is 2.43. The predicted octanol–water partition coefficient (Wildman–Crippen LogP) is 3.58. The minimum absolute atomic E-state index is 0.153. The summed E-state index contributed by atoms with van der Waals surface area (Å²) in [5.74, 6) is -0.153. The van der Waals surface area contributed by atoms with Crippen LogP contribution in [-0.4, -0.2) is 27.8 Å². The number of ether oxygens (including phenoxy) is 1. The Hall–Kier alpha value is -1.14. The molecule has 7 heteroatoms. The molecule has 0 saturated heterocycles. The van der Waals surface area contributed by atoms with Crippen LogP contribution in [0.15, 0.2) is 16.9 Å². The van der Waals surface area contributed by atoms with Gasteiger partial charge < -0.3 is 4.74 Å².